The van der Waals surface area contributed by atoms with E-state index in [0.29, 0.717) is 42.3 Å². The largest absolute Gasteiger partial charge is 0.490 e. The van der Waals surface area contributed by atoms with Gasteiger partial charge in [0.1, 0.15) is 24.7 Å². The van der Waals surface area contributed by atoms with E-state index in [1.54, 1.807) is 48.5 Å². The number of para-hydroxylation sites is 2. The van der Waals surface area contributed by atoms with Crippen LogP contribution in [0.5, 0.6) is 11.5 Å². The molecule has 0 aliphatic carbocycles. The van der Waals surface area contributed by atoms with Crippen molar-refractivity contribution in [2.45, 2.75) is 6.92 Å². The van der Waals surface area contributed by atoms with Crippen LogP contribution in [0.3, 0.4) is 0 Å². The van der Waals surface area contributed by atoms with E-state index in [9.17, 15) is 9.59 Å². The molecule has 0 aliphatic heterocycles. The average Bonchev–Trinajstić information content (AvgIpc) is 2.83. The van der Waals surface area contributed by atoms with Gasteiger partial charge in [0.2, 0.25) is 0 Å². The molecule has 3 aromatic carbocycles. The maximum atomic E-state index is 12.5. The van der Waals surface area contributed by atoms with Crippen LogP contribution >= 0.6 is 12.2 Å². The van der Waals surface area contributed by atoms with Crippen molar-refractivity contribution < 1.29 is 19.1 Å². The number of carbonyl (C=O) groups excluding carboxylic acids is 2. The quantitative estimate of drug-likeness (QED) is 0.328. The first-order chi connectivity index (χ1) is 16.1. The van der Waals surface area contributed by atoms with E-state index in [-0.39, 0.29) is 16.9 Å². The number of amides is 2. The van der Waals surface area contributed by atoms with E-state index in [1.165, 1.54) is 0 Å². The summed E-state index contributed by atoms with van der Waals surface area (Å²) in [5, 5.41) is 8.37. The average molecular weight is 464 g/mol. The molecule has 0 spiro atoms. The second kappa shape index (κ2) is 12.2. The maximum Gasteiger partial charge on any atom is 0.257 e. The number of ether oxygens (including phenoxy) is 2. The third kappa shape index (κ3) is 7.33. The lowest BCUT2D eigenvalue weighted by molar-refractivity contribution is 0.0954. The second-order valence-electron chi connectivity index (χ2n) is 6.85. The summed E-state index contributed by atoms with van der Waals surface area (Å²) in [7, 11) is 0. The molecule has 0 unspecified atom stereocenters. The molecule has 0 heterocycles. The standard InChI is InChI=1S/C25H25N3O4S/c1-2-26-24(30)21-10-6-7-11-22(21)27-25(33)28-23(29)18-12-14-20(15-13-18)32-17-16-31-19-8-4-3-5-9-19/h3-15H,2,16-17H2,1H3,(H,26,30)(H2,27,28,29,33). The number of hydrogen-bond donors (Lipinski definition) is 3. The SMILES string of the molecule is CCNC(=O)c1ccccc1NC(=S)NC(=O)c1ccc(OCCOc2ccccc2)cc1. The fourth-order valence-corrected chi connectivity index (χ4v) is 3.12. The van der Waals surface area contributed by atoms with Gasteiger partial charge in [0, 0.05) is 12.1 Å². The van der Waals surface area contributed by atoms with Crippen LogP contribution in [-0.4, -0.2) is 36.7 Å². The van der Waals surface area contributed by atoms with Crippen LogP contribution in [0.15, 0.2) is 78.9 Å². The van der Waals surface area contributed by atoms with Gasteiger partial charge in [-0.25, -0.2) is 0 Å². The molecule has 0 bridgehead atoms. The first kappa shape index (κ1) is 23.7. The Morgan fingerprint density at radius 1 is 0.788 bits per heavy atom. The second-order valence-corrected chi connectivity index (χ2v) is 7.26. The van der Waals surface area contributed by atoms with Crippen LogP contribution in [-0.2, 0) is 0 Å². The molecule has 0 aliphatic rings. The normalized spacial score (nSPS) is 10.1. The zero-order chi connectivity index (χ0) is 23.5. The smallest absolute Gasteiger partial charge is 0.257 e. The molecule has 8 heteroatoms. The Morgan fingerprint density at radius 3 is 2.06 bits per heavy atom. The number of rotatable bonds is 9. The van der Waals surface area contributed by atoms with Gasteiger partial charge in [-0.3, -0.25) is 14.9 Å². The summed E-state index contributed by atoms with van der Waals surface area (Å²) in [6, 6.07) is 23.1. The third-order valence-corrected chi connectivity index (χ3v) is 4.67. The molecule has 0 atom stereocenters. The molecular formula is C25H25N3O4S. The molecule has 3 rings (SSSR count). The van der Waals surface area contributed by atoms with Gasteiger partial charge in [0.05, 0.1) is 11.3 Å². The highest BCUT2D eigenvalue weighted by Gasteiger charge is 2.13. The van der Waals surface area contributed by atoms with E-state index in [2.05, 4.69) is 16.0 Å². The zero-order valence-electron chi connectivity index (χ0n) is 18.2. The van der Waals surface area contributed by atoms with Crippen LogP contribution in [0.1, 0.15) is 27.6 Å². The number of nitrogens with one attached hydrogen (secondary N) is 3. The molecule has 170 valence electrons. The van der Waals surface area contributed by atoms with Gasteiger partial charge in [0.25, 0.3) is 11.8 Å². The van der Waals surface area contributed by atoms with Gasteiger partial charge in [-0.15, -0.1) is 0 Å². The van der Waals surface area contributed by atoms with E-state index in [4.69, 9.17) is 21.7 Å². The summed E-state index contributed by atoms with van der Waals surface area (Å²) >= 11 is 5.25. The van der Waals surface area contributed by atoms with E-state index < -0.39 is 0 Å². The molecule has 0 saturated carbocycles. The summed E-state index contributed by atoms with van der Waals surface area (Å²) in [6.07, 6.45) is 0. The highest BCUT2D eigenvalue weighted by atomic mass is 32.1. The maximum absolute atomic E-state index is 12.5. The van der Waals surface area contributed by atoms with Gasteiger partial charge >= 0.3 is 0 Å². The van der Waals surface area contributed by atoms with Gasteiger partial charge in [-0.2, -0.15) is 0 Å². The lowest BCUT2D eigenvalue weighted by atomic mass is 10.1. The fourth-order valence-electron chi connectivity index (χ4n) is 2.91. The Bertz CT molecular complexity index is 1090. The van der Waals surface area contributed by atoms with Crippen molar-refractivity contribution in [3.63, 3.8) is 0 Å². The molecule has 3 N–H and O–H groups in total. The first-order valence-corrected chi connectivity index (χ1v) is 10.9. The summed E-state index contributed by atoms with van der Waals surface area (Å²) in [6.45, 7) is 3.13. The molecular weight excluding hydrogens is 438 g/mol. The van der Waals surface area contributed by atoms with Crippen LogP contribution in [0.2, 0.25) is 0 Å². The van der Waals surface area contributed by atoms with Crippen molar-refractivity contribution in [1.29, 1.82) is 0 Å². The van der Waals surface area contributed by atoms with Crippen molar-refractivity contribution in [3.05, 3.63) is 90.0 Å². The van der Waals surface area contributed by atoms with Gasteiger partial charge in [0.15, 0.2) is 5.11 Å². The van der Waals surface area contributed by atoms with Gasteiger partial charge in [-0.05, 0) is 67.7 Å². The lowest BCUT2D eigenvalue weighted by Crippen LogP contribution is -2.35. The summed E-state index contributed by atoms with van der Waals surface area (Å²) in [4.78, 5) is 24.7. The van der Waals surface area contributed by atoms with Crippen molar-refractivity contribution in [1.82, 2.24) is 10.6 Å². The first-order valence-electron chi connectivity index (χ1n) is 10.5. The van der Waals surface area contributed by atoms with E-state index in [0.717, 1.165) is 5.75 Å². The minimum atomic E-state index is -0.373. The van der Waals surface area contributed by atoms with Crippen molar-refractivity contribution in [2.24, 2.45) is 0 Å². The molecule has 0 radical (unpaired) electrons. The van der Waals surface area contributed by atoms with Crippen molar-refractivity contribution in [2.75, 3.05) is 25.1 Å². The molecule has 0 saturated heterocycles. The minimum absolute atomic E-state index is 0.0927. The van der Waals surface area contributed by atoms with E-state index in [1.807, 2.05) is 37.3 Å². The number of benzene rings is 3. The van der Waals surface area contributed by atoms with Crippen molar-refractivity contribution >= 4 is 34.8 Å². The molecule has 3 aromatic rings. The topological polar surface area (TPSA) is 88.7 Å². The Hall–Kier alpha value is -3.91. The van der Waals surface area contributed by atoms with Gasteiger partial charge in [-0.1, -0.05) is 30.3 Å². The van der Waals surface area contributed by atoms with Crippen LogP contribution < -0.4 is 25.4 Å². The highest BCUT2D eigenvalue weighted by molar-refractivity contribution is 7.80. The predicted molar refractivity (Wildman–Crippen MR) is 132 cm³/mol. The van der Waals surface area contributed by atoms with Gasteiger partial charge < -0.3 is 20.1 Å². The Labute approximate surface area is 198 Å². The molecule has 33 heavy (non-hydrogen) atoms. The number of thiocarbonyl (C=S) groups is 1. The third-order valence-electron chi connectivity index (χ3n) is 4.46. The van der Waals surface area contributed by atoms with Crippen molar-refractivity contribution in [3.8, 4) is 11.5 Å². The van der Waals surface area contributed by atoms with Crippen LogP contribution in [0, 0.1) is 0 Å². The predicted octanol–water partition coefficient (Wildman–Crippen LogP) is 4.02. The molecule has 0 aromatic heterocycles. The summed E-state index contributed by atoms with van der Waals surface area (Å²) in [5.41, 5.74) is 1.37. The Kier molecular flexibility index (Phi) is 8.79. The zero-order valence-corrected chi connectivity index (χ0v) is 19.0. The minimum Gasteiger partial charge on any atom is -0.490 e. The Morgan fingerprint density at radius 2 is 1.39 bits per heavy atom. The highest BCUT2D eigenvalue weighted by Crippen LogP contribution is 2.16. The lowest BCUT2D eigenvalue weighted by Gasteiger charge is -2.13. The summed E-state index contributed by atoms with van der Waals surface area (Å²) in [5.74, 6) is 0.813. The fraction of sp³-hybridized carbons (Fsp3) is 0.160. The number of hydrogen-bond acceptors (Lipinski definition) is 5. The molecule has 7 nitrogen and oxygen atoms in total. The van der Waals surface area contributed by atoms with E-state index >= 15 is 0 Å². The number of carbonyl (C=O) groups is 2. The van der Waals surface area contributed by atoms with Crippen LogP contribution in [0.25, 0.3) is 0 Å². The number of anilines is 1. The molecule has 2 amide bonds. The van der Waals surface area contributed by atoms with Crippen LogP contribution in [0.4, 0.5) is 5.69 Å². The molecule has 0 fully saturated rings. The summed E-state index contributed by atoms with van der Waals surface area (Å²) < 4.78 is 11.2. The Balaban J connectivity index is 1.48. The monoisotopic (exact) mass is 463 g/mol.